The van der Waals surface area contributed by atoms with Crippen molar-refractivity contribution in [1.29, 1.82) is 0 Å². The van der Waals surface area contributed by atoms with E-state index in [9.17, 15) is 0 Å². The first-order valence-electron chi connectivity index (χ1n) is 4.91. The van der Waals surface area contributed by atoms with Crippen LogP contribution in [0.4, 0.5) is 0 Å². The summed E-state index contributed by atoms with van der Waals surface area (Å²) < 4.78 is 2.65. The molecule has 0 N–H and O–H groups in total. The molecule has 0 amide bonds. The summed E-state index contributed by atoms with van der Waals surface area (Å²) in [5.74, 6) is 0. The molecule has 0 aliphatic carbocycles. The van der Waals surface area contributed by atoms with Crippen LogP contribution in [-0.4, -0.2) is 34.5 Å². The van der Waals surface area contributed by atoms with E-state index in [0.717, 1.165) is 0 Å². The maximum absolute atomic E-state index is 6.36. The van der Waals surface area contributed by atoms with Crippen LogP contribution in [0.15, 0.2) is 0 Å². The zero-order valence-electron chi connectivity index (χ0n) is 8.41. The van der Waals surface area contributed by atoms with Crippen molar-refractivity contribution >= 4 is 58.5 Å². The summed E-state index contributed by atoms with van der Waals surface area (Å²) in [5, 5.41) is 0. The van der Waals surface area contributed by atoms with Crippen molar-refractivity contribution in [3.63, 3.8) is 0 Å². The van der Waals surface area contributed by atoms with Crippen molar-refractivity contribution in [1.82, 2.24) is 0 Å². The van der Waals surface area contributed by atoms with Crippen LogP contribution in [-0.2, 0) is 0 Å². The molecule has 13 heavy (non-hydrogen) atoms. The van der Waals surface area contributed by atoms with Crippen molar-refractivity contribution in [3.8, 4) is 0 Å². The Morgan fingerprint density at radius 3 is 1.62 bits per heavy atom. The second kappa shape index (κ2) is 11.0. The second-order valence-electron chi connectivity index (χ2n) is 3.02. The second-order valence-corrected chi connectivity index (χ2v) is 39.3. The van der Waals surface area contributed by atoms with Crippen LogP contribution in [0.25, 0.3) is 0 Å². The van der Waals surface area contributed by atoms with Gasteiger partial charge in [0.15, 0.2) is 0 Å². The number of hydrogen-bond acceptors (Lipinski definition) is 1. The molecule has 0 atom stereocenters. The summed E-state index contributed by atoms with van der Waals surface area (Å²) in [6.07, 6.45) is 7.33. The topological polar surface area (TPSA) is 0 Å². The summed E-state index contributed by atoms with van der Waals surface area (Å²) in [7, 11) is 12.7. The zero-order chi connectivity index (χ0) is 10.1. The normalized spacial score (nSPS) is 11.5. The van der Waals surface area contributed by atoms with Crippen LogP contribution in [0, 0.1) is 0 Å². The molecule has 78 valence electrons. The van der Waals surface area contributed by atoms with E-state index in [-0.39, 0.29) is 0 Å². The first kappa shape index (κ1) is 15.5. The molecule has 0 aromatic rings. The molecular weight excluding hydrogens is 436 g/mol. The average molecular weight is 455 g/mol. The Balaban J connectivity index is 3.35. The third kappa shape index (κ3) is 10.8. The molecule has 0 heterocycles. The van der Waals surface area contributed by atoms with Crippen LogP contribution in [0.5, 0.6) is 0 Å². The van der Waals surface area contributed by atoms with E-state index in [0.29, 0.717) is 0 Å². The zero-order valence-corrected chi connectivity index (χ0v) is 16.4. The Hall–Kier alpha value is 2.53. The van der Waals surface area contributed by atoms with Crippen molar-refractivity contribution in [2.24, 2.45) is 0 Å². The number of hydrogen-bond donors (Lipinski definition) is 0. The van der Waals surface area contributed by atoms with Crippen LogP contribution in [0.1, 0.15) is 39.5 Å². The maximum atomic E-state index is 6.36. The summed E-state index contributed by atoms with van der Waals surface area (Å²) >= 11 is -3.01. The van der Waals surface area contributed by atoms with Gasteiger partial charge < -0.3 is 0 Å². The van der Waals surface area contributed by atoms with E-state index in [1.54, 1.807) is 0 Å². The van der Waals surface area contributed by atoms with Gasteiger partial charge in [0, 0.05) is 0 Å². The van der Waals surface area contributed by atoms with E-state index >= 15 is 0 Å². The molecule has 0 unspecified atom stereocenters. The number of rotatable bonds is 8. The van der Waals surface area contributed by atoms with E-state index in [1.807, 2.05) is 0 Å². The van der Waals surface area contributed by atoms with E-state index in [2.05, 4.69) is 20.0 Å². The first-order chi connectivity index (χ1) is 6.20. The Bertz CT molecular complexity index is 104. The minimum absolute atomic E-state index is 1.28. The van der Waals surface area contributed by atoms with Crippen molar-refractivity contribution < 1.29 is 0 Å². The molecule has 0 saturated heterocycles. The molecule has 5 heteroatoms. The van der Waals surface area contributed by atoms with Gasteiger partial charge >= 0.3 is 107 Å². The Labute approximate surface area is 105 Å². The fourth-order valence-corrected chi connectivity index (χ4v) is 68.4. The van der Waals surface area contributed by atoms with Gasteiger partial charge in [0.2, 0.25) is 0 Å². The average Bonchev–Trinajstić information content (AvgIpc) is 2.11. The SMILES string of the molecule is CCC[CH2][Sn]([Cl])[S][Sn]([Cl])[CH2]CCC. The van der Waals surface area contributed by atoms with Crippen LogP contribution in [0.3, 0.4) is 0 Å². The van der Waals surface area contributed by atoms with E-state index in [1.165, 1.54) is 34.6 Å². The Kier molecular flexibility index (Phi) is 13.2. The molecule has 0 aliphatic heterocycles. The third-order valence-corrected chi connectivity index (χ3v) is 61.7. The summed E-state index contributed by atoms with van der Waals surface area (Å²) in [4.78, 5) is 0. The molecule has 0 saturated carbocycles. The van der Waals surface area contributed by atoms with E-state index < -0.39 is 34.5 Å². The monoisotopic (exact) mass is 456 g/mol. The molecule has 0 spiro atoms. The molecule has 0 nitrogen and oxygen atoms in total. The third-order valence-electron chi connectivity index (χ3n) is 1.68. The predicted octanol–water partition coefficient (Wildman–Crippen LogP) is 4.77. The van der Waals surface area contributed by atoms with Crippen molar-refractivity contribution in [3.05, 3.63) is 0 Å². The van der Waals surface area contributed by atoms with Gasteiger partial charge in [-0.1, -0.05) is 0 Å². The van der Waals surface area contributed by atoms with Gasteiger partial charge in [-0.2, -0.15) is 0 Å². The fraction of sp³-hybridized carbons (Fsp3) is 1.00. The number of unbranched alkanes of at least 4 members (excludes halogenated alkanes) is 2. The quantitative estimate of drug-likeness (QED) is 0.476. The molecule has 0 aliphatic rings. The van der Waals surface area contributed by atoms with Gasteiger partial charge in [0.1, 0.15) is 0 Å². The standard InChI is InChI=1S/2C4H9.2ClH.S.2Sn/c2*1-3-4-2;;;;;/h2*1,3-4H2,2H3;2*1H;;;/q;;;;;2*+1/p-2. The first-order valence-corrected chi connectivity index (χ1v) is 24.0. The van der Waals surface area contributed by atoms with Gasteiger partial charge in [-0.25, -0.2) is 0 Å². The van der Waals surface area contributed by atoms with Gasteiger partial charge in [0.25, 0.3) is 0 Å². The van der Waals surface area contributed by atoms with Gasteiger partial charge in [-0.15, -0.1) is 0 Å². The molecule has 2 radical (unpaired) electrons. The molecule has 0 aromatic carbocycles. The molecule has 0 bridgehead atoms. The van der Waals surface area contributed by atoms with Gasteiger partial charge in [0.05, 0.1) is 0 Å². The van der Waals surface area contributed by atoms with Gasteiger partial charge in [-0.3, -0.25) is 0 Å². The predicted molar refractivity (Wildman–Crippen MR) is 70.2 cm³/mol. The summed E-state index contributed by atoms with van der Waals surface area (Å²) in [6.45, 7) is 4.46. The van der Waals surface area contributed by atoms with Crippen molar-refractivity contribution in [2.75, 3.05) is 0 Å². The van der Waals surface area contributed by atoms with Crippen LogP contribution in [0.2, 0.25) is 8.87 Å². The minimum atomic E-state index is -1.50. The van der Waals surface area contributed by atoms with Crippen molar-refractivity contribution in [2.45, 2.75) is 48.4 Å². The molecule has 0 rings (SSSR count). The summed E-state index contributed by atoms with van der Waals surface area (Å²) in [5.41, 5.74) is 0. The number of halogens is 2. The Morgan fingerprint density at radius 1 is 0.923 bits per heavy atom. The van der Waals surface area contributed by atoms with E-state index in [4.69, 9.17) is 17.8 Å². The molecule has 0 fully saturated rings. The van der Waals surface area contributed by atoms with Crippen LogP contribution >= 0.6 is 24.0 Å². The summed E-state index contributed by atoms with van der Waals surface area (Å²) in [6, 6.07) is 0. The molecular formula is C8H18Cl2SSn2. The van der Waals surface area contributed by atoms with Crippen LogP contribution < -0.4 is 0 Å². The Morgan fingerprint density at radius 2 is 1.31 bits per heavy atom. The fourth-order valence-electron chi connectivity index (χ4n) is 0.854. The molecule has 0 aromatic heterocycles. The van der Waals surface area contributed by atoms with Gasteiger partial charge in [-0.05, 0) is 0 Å².